The standard InChI is InChI=1S/C16H14O/c1-17-15-11-13-9-5-6-10-14(13)16(15)12-7-3-2-4-8-12/h2-11,16H,1H3. The highest BCUT2D eigenvalue weighted by Crippen LogP contribution is 2.40. The van der Waals surface area contributed by atoms with Gasteiger partial charge in [-0.3, -0.25) is 0 Å². The van der Waals surface area contributed by atoms with Crippen LogP contribution < -0.4 is 0 Å². The van der Waals surface area contributed by atoms with Gasteiger partial charge in [-0.2, -0.15) is 0 Å². The van der Waals surface area contributed by atoms with Gasteiger partial charge in [0, 0.05) is 0 Å². The van der Waals surface area contributed by atoms with Crippen molar-refractivity contribution in [1.29, 1.82) is 0 Å². The Kier molecular flexibility index (Phi) is 2.45. The quantitative estimate of drug-likeness (QED) is 0.750. The number of rotatable bonds is 2. The summed E-state index contributed by atoms with van der Waals surface area (Å²) in [6.07, 6.45) is 2.13. The molecule has 0 heterocycles. The summed E-state index contributed by atoms with van der Waals surface area (Å²) in [7, 11) is 1.74. The predicted octanol–water partition coefficient (Wildman–Crippen LogP) is 3.82. The van der Waals surface area contributed by atoms with Crippen molar-refractivity contribution in [2.45, 2.75) is 5.92 Å². The van der Waals surface area contributed by atoms with E-state index in [1.807, 2.05) is 6.07 Å². The molecule has 2 aromatic carbocycles. The van der Waals surface area contributed by atoms with Crippen molar-refractivity contribution in [2.24, 2.45) is 0 Å². The van der Waals surface area contributed by atoms with E-state index in [4.69, 9.17) is 4.74 Å². The molecule has 84 valence electrons. The Hall–Kier alpha value is -2.02. The minimum Gasteiger partial charge on any atom is -0.500 e. The molecule has 1 unspecified atom stereocenters. The lowest BCUT2D eigenvalue weighted by molar-refractivity contribution is 0.279. The molecule has 1 atom stereocenters. The van der Waals surface area contributed by atoms with Crippen molar-refractivity contribution >= 4 is 6.08 Å². The van der Waals surface area contributed by atoms with Gasteiger partial charge >= 0.3 is 0 Å². The van der Waals surface area contributed by atoms with Gasteiger partial charge in [0.1, 0.15) is 5.76 Å². The van der Waals surface area contributed by atoms with Crippen molar-refractivity contribution in [3.05, 3.63) is 77.0 Å². The third-order valence-electron chi connectivity index (χ3n) is 3.26. The molecule has 17 heavy (non-hydrogen) atoms. The molecule has 0 amide bonds. The Labute approximate surface area is 101 Å². The van der Waals surface area contributed by atoms with E-state index in [0.29, 0.717) is 0 Å². The maximum Gasteiger partial charge on any atom is 0.108 e. The Morgan fingerprint density at radius 1 is 0.882 bits per heavy atom. The summed E-state index contributed by atoms with van der Waals surface area (Å²) >= 11 is 0. The third-order valence-corrected chi connectivity index (χ3v) is 3.26. The zero-order valence-electron chi connectivity index (χ0n) is 9.76. The van der Waals surface area contributed by atoms with E-state index in [0.717, 1.165) is 5.76 Å². The van der Waals surface area contributed by atoms with Crippen molar-refractivity contribution in [3.8, 4) is 0 Å². The predicted molar refractivity (Wildman–Crippen MR) is 69.7 cm³/mol. The van der Waals surface area contributed by atoms with Crippen molar-refractivity contribution < 1.29 is 4.74 Å². The maximum atomic E-state index is 5.52. The summed E-state index contributed by atoms with van der Waals surface area (Å²) in [5.41, 5.74) is 3.87. The van der Waals surface area contributed by atoms with Crippen LogP contribution in [0.3, 0.4) is 0 Å². The zero-order valence-corrected chi connectivity index (χ0v) is 9.76. The van der Waals surface area contributed by atoms with Crippen LogP contribution in [0, 0.1) is 0 Å². The molecule has 0 saturated carbocycles. The second-order valence-electron chi connectivity index (χ2n) is 4.22. The molecular weight excluding hydrogens is 208 g/mol. The molecule has 0 bridgehead atoms. The molecule has 1 aliphatic carbocycles. The molecule has 1 nitrogen and oxygen atoms in total. The zero-order chi connectivity index (χ0) is 11.7. The maximum absolute atomic E-state index is 5.52. The number of fused-ring (bicyclic) bond motifs is 1. The summed E-state index contributed by atoms with van der Waals surface area (Å²) in [4.78, 5) is 0. The first-order chi connectivity index (χ1) is 8.40. The van der Waals surface area contributed by atoms with Gasteiger partial charge in [-0.05, 0) is 22.8 Å². The summed E-state index contributed by atoms with van der Waals surface area (Å²) in [5, 5.41) is 0. The highest BCUT2D eigenvalue weighted by molar-refractivity contribution is 5.67. The molecule has 0 spiro atoms. The van der Waals surface area contributed by atoms with E-state index in [9.17, 15) is 0 Å². The first kappa shape index (κ1) is 10.2. The number of benzene rings is 2. The smallest absolute Gasteiger partial charge is 0.108 e. The van der Waals surface area contributed by atoms with E-state index in [1.165, 1.54) is 16.7 Å². The summed E-state index contributed by atoms with van der Waals surface area (Å²) in [6, 6.07) is 19.0. The van der Waals surface area contributed by atoms with Gasteiger partial charge in [-0.15, -0.1) is 0 Å². The van der Waals surface area contributed by atoms with Crippen LogP contribution in [0.5, 0.6) is 0 Å². The van der Waals surface area contributed by atoms with Gasteiger partial charge in [0.25, 0.3) is 0 Å². The van der Waals surface area contributed by atoms with Crippen LogP contribution in [-0.4, -0.2) is 7.11 Å². The summed E-state index contributed by atoms with van der Waals surface area (Å²) in [6.45, 7) is 0. The van der Waals surface area contributed by atoms with E-state index in [1.54, 1.807) is 7.11 Å². The fraction of sp³-hybridized carbons (Fsp3) is 0.125. The van der Waals surface area contributed by atoms with Gasteiger partial charge < -0.3 is 4.74 Å². The Morgan fingerprint density at radius 2 is 1.59 bits per heavy atom. The first-order valence-corrected chi connectivity index (χ1v) is 5.79. The molecule has 0 aliphatic heterocycles. The molecule has 0 fully saturated rings. The lowest BCUT2D eigenvalue weighted by atomic mass is 9.92. The Morgan fingerprint density at radius 3 is 2.35 bits per heavy atom. The number of hydrogen-bond donors (Lipinski definition) is 0. The number of hydrogen-bond acceptors (Lipinski definition) is 1. The highest BCUT2D eigenvalue weighted by Gasteiger charge is 2.26. The molecule has 0 aromatic heterocycles. The van der Waals surface area contributed by atoms with Gasteiger partial charge in [-0.25, -0.2) is 0 Å². The molecular formula is C16H14O. The van der Waals surface area contributed by atoms with Gasteiger partial charge in [-0.1, -0.05) is 54.6 Å². The van der Waals surface area contributed by atoms with Gasteiger partial charge in [0.05, 0.1) is 13.0 Å². The van der Waals surface area contributed by atoms with Crippen LogP contribution in [0.2, 0.25) is 0 Å². The van der Waals surface area contributed by atoms with Crippen LogP contribution in [-0.2, 0) is 4.74 Å². The van der Waals surface area contributed by atoms with Crippen molar-refractivity contribution in [1.82, 2.24) is 0 Å². The minimum atomic E-state index is 0.248. The van der Waals surface area contributed by atoms with Gasteiger partial charge in [0.2, 0.25) is 0 Å². The Bertz CT molecular complexity index is 555. The molecule has 1 aliphatic rings. The average molecular weight is 222 g/mol. The summed E-state index contributed by atoms with van der Waals surface area (Å²) < 4.78 is 5.52. The van der Waals surface area contributed by atoms with Crippen LogP contribution in [0.4, 0.5) is 0 Å². The fourth-order valence-electron chi connectivity index (χ4n) is 2.46. The molecule has 0 saturated heterocycles. The lowest BCUT2D eigenvalue weighted by Crippen LogP contribution is -2.02. The fourth-order valence-corrected chi connectivity index (χ4v) is 2.46. The van der Waals surface area contributed by atoms with E-state index in [2.05, 4.69) is 54.6 Å². The highest BCUT2D eigenvalue weighted by atomic mass is 16.5. The monoisotopic (exact) mass is 222 g/mol. The first-order valence-electron chi connectivity index (χ1n) is 5.79. The normalized spacial score (nSPS) is 17.5. The van der Waals surface area contributed by atoms with Crippen molar-refractivity contribution in [3.63, 3.8) is 0 Å². The second kappa shape index (κ2) is 4.10. The van der Waals surface area contributed by atoms with Crippen LogP contribution in [0.1, 0.15) is 22.6 Å². The van der Waals surface area contributed by atoms with Crippen molar-refractivity contribution in [2.75, 3.05) is 7.11 Å². The minimum absolute atomic E-state index is 0.248. The molecule has 0 radical (unpaired) electrons. The van der Waals surface area contributed by atoms with Gasteiger partial charge in [0.15, 0.2) is 0 Å². The molecule has 2 aromatic rings. The number of methoxy groups -OCH3 is 1. The van der Waals surface area contributed by atoms with Crippen LogP contribution >= 0.6 is 0 Å². The van der Waals surface area contributed by atoms with E-state index >= 15 is 0 Å². The van der Waals surface area contributed by atoms with Crippen LogP contribution in [0.25, 0.3) is 6.08 Å². The molecule has 1 heteroatoms. The molecule has 0 N–H and O–H groups in total. The largest absolute Gasteiger partial charge is 0.500 e. The Balaban J connectivity index is 2.13. The SMILES string of the molecule is COC1=Cc2ccccc2C1c1ccccc1. The third kappa shape index (κ3) is 1.64. The number of allylic oxidation sites excluding steroid dienone is 1. The lowest BCUT2D eigenvalue weighted by Gasteiger charge is -2.16. The summed E-state index contributed by atoms with van der Waals surface area (Å²) in [5.74, 6) is 1.27. The van der Waals surface area contributed by atoms with Crippen LogP contribution in [0.15, 0.2) is 60.4 Å². The molecule has 3 rings (SSSR count). The van der Waals surface area contributed by atoms with E-state index < -0.39 is 0 Å². The second-order valence-corrected chi connectivity index (χ2v) is 4.22. The average Bonchev–Trinajstić information content (AvgIpc) is 2.78. The topological polar surface area (TPSA) is 9.23 Å². The van der Waals surface area contributed by atoms with E-state index in [-0.39, 0.29) is 5.92 Å². The number of ether oxygens (including phenoxy) is 1.